The van der Waals surface area contributed by atoms with Crippen molar-refractivity contribution in [1.29, 1.82) is 0 Å². The molecule has 0 radical (unpaired) electrons. The van der Waals surface area contributed by atoms with Crippen molar-refractivity contribution in [3.8, 4) is 11.5 Å². The van der Waals surface area contributed by atoms with Crippen LogP contribution in [0.15, 0.2) is 18.2 Å². The molecule has 0 saturated heterocycles. The summed E-state index contributed by atoms with van der Waals surface area (Å²) in [5.74, 6) is 1.52. The predicted octanol–water partition coefficient (Wildman–Crippen LogP) is 2.61. The summed E-state index contributed by atoms with van der Waals surface area (Å²) in [5.41, 5.74) is 1.17. The van der Waals surface area contributed by atoms with Gasteiger partial charge in [-0.3, -0.25) is 0 Å². The van der Waals surface area contributed by atoms with E-state index in [9.17, 15) is 0 Å². The van der Waals surface area contributed by atoms with E-state index in [-0.39, 0.29) is 0 Å². The van der Waals surface area contributed by atoms with E-state index in [2.05, 4.69) is 12.2 Å². The molecular weight excluding hydrogens is 242 g/mol. The second-order valence-corrected chi connectivity index (χ2v) is 4.33. The average molecular weight is 267 g/mol. The van der Waals surface area contributed by atoms with Crippen LogP contribution in [0, 0.1) is 0 Å². The zero-order valence-electron chi connectivity index (χ0n) is 12.2. The Morgan fingerprint density at radius 2 is 1.84 bits per heavy atom. The first-order valence-electron chi connectivity index (χ1n) is 6.81. The Hall–Kier alpha value is -1.26. The Morgan fingerprint density at radius 1 is 1.05 bits per heavy atom. The second kappa shape index (κ2) is 9.64. The van der Waals surface area contributed by atoms with E-state index in [0.717, 1.165) is 44.2 Å². The number of ether oxygens (including phenoxy) is 3. The molecule has 1 aromatic carbocycles. The third kappa shape index (κ3) is 5.94. The molecular formula is C15H25NO3. The summed E-state index contributed by atoms with van der Waals surface area (Å²) in [6.45, 7) is 5.44. The molecule has 108 valence electrons. The molecule has 0 spiro atoms. The van der Waals surface area contributed by atoms with Crippen molar-refractivity contribution in [2.24, 2.45) is 0 Å². The molecule has 0 unspecified atom stereocenters. The molecule has 19 heavy (non-hydrogen) atoms. The molecule has 0 atom stereocenters. The van der Waals surface area contributed by atoms with Gasteiger partial charge in [-0.05, 0) is 24.1 Å². The summed E-state index contributed by atoms with van der Waals surface area (Å²) in [4.78, 5) is 0. The monoisotopic (exact) mass is 267 g/mol. The van der Waals surface area contributed by atoms with Crippen LogP contribution >= 0.6 is 0 Å². The van der Waals surface area contributed by atoms with Crippen LogP contribution in [0.2, 0.25) is 0 Å². The summed E-state index contributed by atoms with van der Waals surface area (Å²) in [6, 6.07) is 5.95. The van der Waals surface area contributed by atoms with Crippen molar-refractivity contribution in [1.82, 2.24) is 5.32 Å². The molecule has 1 rings (SSSR count). The Kier molecular flexibility index (Phi) is 8.02. The van der Waals surface area contributed by atoms with Crippen LogP contribution < -0.4 is 14.8 Å². The number of hydrogen-bond donors (Lipinski definition) is 1. The van der Waals surface area contributed by atoms with Crippen LogP contribution in [0.4, 0.5) is 0 Å². The van der Waals surface area contributed by atoms with Crippen LogP contribution in [0.1, 0.15) is 25.3 Å². The van der Waals surface area contributed by atoms with Gasteiger partial charge in [-0.25, -0.2) is 0 Å². The highest BCUT2D eigenvalue weighted by atomic mass is 16.5. The van der Waals surface area contributed by atoms with Gasteiger partial charge in [0.05, 0.1) is 20.8 Å². The third-order valence-electron chi connectivity index (χ3n) is 2.84. The lowest BCUT2D eigenvalue weighted by Crippen LogP contribution is -2.19. The first kappa shape index (κ1) is 15.8. The maximum atomic E-state index is 5.49. The van der Waals surface area contributed by atoms with Gasteiger partial charge in [0.2, 0.25) is 0 Å². The molecule has 0 aliphatic heterocycles. The lowest BCUT2D eigenvalue weighted by molar-refractivity contribution is 0.133. The molecule has 0 heterocycles. The standard InChI is InChI=1S/C15H25NO3/c1-4-5-9-19-10-8-16-12-13-6-7-14(17-2)15(11-13)18-3/h6-7,11,16H,4-5,8-10,12H2,1-3H3. The number of benzene rings is 1. The van der Waals surface area contributed by atoms with E-state index >= 15 is 0 Å². The molecule has 0 bridgehead atoms. The number of methoxy groups -OCH3 is 2. The topological polar surface area (TPSA) is 39.7 Å². The second-order valence-electron chi connectivity index (χ2n) is 4.33. The zero-order chi connectivity index (χ0) is 13.9. The van der Waals surface area contributed by atoms with Crippen molar-refractivity contribution in [2.45, 2.75) is 26.3 Å². The highest BCUT2D eigenvalue weighted by Gasteiger charge is 2.03. The third-order valence-corrected chi connectivity index (χ3v) is 2.84. The van der Waals surface area contributed by atoms with E-state index < -0.39 is 0 Å². The van der Waals surface area contributed by atoms with Crippen molar-refractivity contribution in [3.05, 3.63) is 23.8 Å². The van der Waals surface area contributed by atoms with E-state index in [0.29, 0.717) is 0 Å². The van der Waals surface area contributed by atoms with Gasteiger partial charge in [0.25, 0.3) is 0 Å². The van der Waals surface area contributed by atoms with Gasteiger partial charge in [-0.2, -0.15) is 0 Å². The fraction of sp³-hybridized carbons (Fsp3) is 0.600. The van der Waals surface area contributed by atoms with Gasteiger partial charge in [0.15, 0.2) is 11.5 Å². The molecule has 1 N–H and O–H groups in total. The molecule has 4 nitrogen and oxygen atoms in total. The van der Waals surface area contributed by atoms with E-state index in [4.69, 9.17) is 14.2 Å². The van der Waals surface area contributed by atoms with Gasteiger partial charge in [-0.15, -0.1) is 0 Å². The van der Waals surface area contributed by atoms with Gasteiger partial charge in [0.1, 0.15) is 0 Å². The average Bonchev–Trinajstić information content (AvgIpc) is 2.46. The summed E-state index contributed by atoms with van der Waals surface area (Å²) in [7, 11) is 3.29. The molecule has 1 aromatic rings. The zero-order valence-corrected chi connectivity index (χ0v) is 12.2. The summed E-state index contributed by atoms with van der Waals surface area (Å²) in [6.07, 6.45) is 2.31. The number of hydrogen-bond acceptors (Lipinski definition) is 4. The maximum Gasteiger partial charge on any atom is 0.161 e. The molecule has 0 saturated carbocycles. The van der Waals surface area contributed by atoms with Crippen LogP contribution in [0.5, 0.6) is 11.5 Å². The van der Waals surface area contributed by atoms with Gasteiger partial charge < -0.3 is 19.5 Å². The Morgan fingerprint density at radius 3 is 2.53 bits per heavy atom. The predicted molar refractivity (Wildman–Crippen MR) is 77.0 cm³/mol. The number of unbranched alkanes of at least 4 members (excludes halogenated alkanes) is 1. The van der Waals surface area contributed by atoms with Crippen LogP contribution in [0.3, 0.4) is 0 Å². The van der Waals surface area contributed by atoms with Crippen molar-refractivity contribution >= 4 is 0 Å². The van der Waals surface area contributed by atoms with Crippen molar-refractivity contribution < 1.29 is 14.2 Å². The summed E-state index contributed by atoms with van der Waals surface area (Å²) >= 11 is 0. The highest BCUT2D eigenvalue weighted by molar-refractivity contribution is 5.42. The summed E-state index contributed by atoms with van der Waals surface area (Å²) < 4.78 is 16.0. The van der Waals surface area contributed by atoms with E-state index in [1.165, 1.54) is 12.0 Å². The Labute approximate surface area is 116 Å². The molecule has 0 aromatic heterocycles. The SMILES string of the molecule is CCCCOCCNCc1ccc(OC)c(OC)c1. The largest absolute Gasteiger partial charge is 0.493 e. The fourth-order valence-corrected chi connectivity index (χ4v) is 1.72. The molecule has 0 amide bonds. The van der Waals surface area contributed by atoms with Gasteiger partial charge in [-0.1, -0.05) is 19.4 Å². The van der Waals surface area contributed by atoms with E-state index in [1.54, 1.807) is 14.2 Å². The smallest absolute Gasteiger partial charge is 0.161 e. The minimum absolute atomic E-state index is 0.757. The minimum Gasteiger partial charge on any atom is -0.493 e. The molecule has 0 aliphatic rings. The quantitative estimate of drug-likeness (QED) is 0.661. The van der Waals surface area contributed by atoms with Gasteiger partial charge in [0, 0.05) is 19.7 Å². The Bertz CT molecular complexity index is 355. The first-order chi connectivity index (χ1) is 9.31. The lowest BCUT2D eigenvalue weighted by Gasteiger charge is -2.10. The maximum absolute atomic E-state index is 5.49. The number of rotatable bonds is 10. The van der Waals surface area contributed by atoms with E-state index in [1.807, 2.05) is 18.2 Å². The molecule has 0 fully saturated rings. The first-order valence-corrected chi connectivity index (χ1v) is 6.81. The fourth-order valence-electron chi connectivity index (χ4n) is 1.72. The van der Waals surface area contributed by atoms with Crippen LogP contribution in [-0.2, 0) is 11.3 Å². The van der Waals surface area contributed by atoms with Crippen molar-refractivity contribution in [2.75, 3.05) is 34.0 Å². The Balaban J connectivity index is 2.26. The summed E-state index contributed by atoms with van der Waals surface area (Å²) in [5, 5.41) is 3.35. The number of nitrogens with one attached hydrogen (secondary N) is 1. The minimum atomic E-state index is 0.757. The van der Waals surface area contributed by atoms with Crippen molar-refractivity contribution in [3.63, 3.8) is 0 Å². The van der Waals surface area contributed by atoms with Gasteiger partial charge >= 0.3 is 0 Å². The normalized spacial score (nSPS) is 10.5. The van der Waals surface area contributed by atoms with Crippen LogP contribution in [0.25, 0.3) is 0 Å². The highest BCUT2D eigenvalue weighted by Crippen LogP contribution is 2.27. The lowest BCUT2D eigenvalue weighted by atomic mass is 10.2. The van der Waals surface area contributed by atoms with Crippen LogP contribution in [-0.4, -0.2) is 34.0 Å². The molecule has 0 aliphatic carbocycles. The molecule has 4 heteroatoms.